The molecule has 2 unspecified atom stereocenters. The maximum atomic E-state index is 12.4. The van der Waals surface area contributed by atoms with Gasteiger partial charge in [0.2, 0.25) is 0 Å². The fourth-order valence-electron chi connectivity index (χ4n) is 2.26. The highest BCUT2D eigenvalue weighted by atomic mass is 32.2. The topological polar surface area (TPSA) is 26.3 Å². The smallest absolute Gasteiger partial charge is 0.316 e. The molecule has 0 spiro atoms. The van der Waals surface area contributed by atoms with E-state index in [-0.39, 0.29) is 22.1 Å². The zero-order valence-corrected chi connectivity index (χ0v) is 14.9. The molecule has 0 bridgehead atoms. The molecule has 1 aliphatic heterocycles. The minimum Gasteiger partial charge on any atom is -0.425 e. The minimum absolute atomic E-state index is 0.0438. The van der Waals surface area contributed by atoms with Gasteiger partial charge in [-0.3, -0.25) is 4.79 Å². The quantitative estimate of drug-likeness (QED) is 0.338. The fourth-order valence-corrected chi connectivity index (χ4v) is 4.19. The number of hydrogen-bond acceptors (Lipinski definition) is 2. The summed E-state index contributed by atoms with van der Waals surface area (Å²) < 4.78 is 5.83. The van der Waals surface area contributed by atoms with Crippen LogP contribution in [0.1, 0.15) is 32.8 Å². The van der Waals surface area contributed by atoms with Crippen LogP contribution in [0, 0.1) is 5.41 Å². The summed E-state index contributed by atoms with van der Waals surface area (Å²) in [5.74, 6) is 1.50. The predicted octanol–water partition coefficient (Wildman–Crippen LogP) is 4.71. The number of carbonyl (C=O) groups excluding carboxylic acids is 1. The van der Waals surface area contributed by atoms with E-state index in [9.17, 15) is 4.79 Å². The molecule has 0 N–H and O–H groups in total. The van der Waals surface area contributed by atoms with Gasteiger partial charge in [-0.2, -0.15) is 0 Å². The molecular formula is C20H25O2S+. The Balaban J connectivity index is 2.30. The summed E-state index contributed by atoms with van der Waals surface area (Å²) in [5.41, 5.74) is 0.539. The second kappa shape index (κ2) is 7.69. The Bertz CT molecular complexity index is 608. The van der Waals surface area contributed by atoms with E-state index in [1.807, 2.05) is 63.3 Å². The van der Waals surface area contributed by atoms with Crippen molar-refractivity contribution in [2.45, 2.75) is 32.4 Å². The van der Waals surface area contributed by atoms with Gasteiger partial charge in [0.1, 0.15) is 11.2 Å². The average molecular weight is 329 g/mol. The summed E-state index contributed by atoms with van der Waals surface area (Å²) in [7, 11) is 0.0438. The Morgan fingerprint density at radius 2 is 2.04 bits per heavy atom. The summed E-state index contributed by atoms with van der Waals surface area (Å²) in [4.78, 5) is 12.4. The van der Waals surface area contributed by atoms with Crippen molar-refractivity contribution in [1.29, 1.82) is 0 Å². The Morgan fingerprint density at radius 3 is 2.65 bits per heavy atom. The van der Waals surface area contributed by atoms with Gasteiger partial charge in [-0.1, -0.05) is 36.9 Å². The van der Waals surface area contributed by atoms with Gasteiger partial charge in [-0.25, -0.2) is 0 Å². The van der Waals surface area contributed by atoms with Crippen LogP contribution in [0.15, 0.2) is 60.2 Å². The third kappa shape index (κ3) is 4.87. The van der Waals surface area contributed by atoms with E-state index < -0.39 is 5.41 Å². The monoisotopic (exact) mass is 329 g/mol. The largest absolute Gasteiger partial charge is 0.425 e. The number of benzene rings is 1. The van der Waals surface area contributed by atoms with Crippen molar-refractivity contribution in [3.63, 3.8) is 0 Å². The van der Waals surface area contributed by atoms with Crippen molar-refractivity contribution in [3.05, 3.63) is 65.8 Å². The first-order valence-electron chi connectivity index (χ1n) is 7.87. The van der Waals surface area contributed by atoms with Crippen molar-refractivity contribution in [3.8, 4) is 0 Å². The molecule has 0 amide bonds. The molecule has 122 valence electrons. The molecule has 3 heteroatoms. The Kier molecular flexibility index (Phi) is 5.89. The van der Waals surface area contributed by atoms with E-state index in [0.29, 0.717) is 0 Å². The van der Waals surface area contributed by atoms with E-state index in [1.54, 1.807) is 0 Å². The summed E-state index contributed by atoms with van der Waals surface area (Å²) in [6.45, 7) is 9.49. The van der Waals surface area contributed by atoms with Crippen LogP contribution in [0.3, 0.4) is 0 Å². The van der Waals surface area contributed by atoms with E-state index in [0.717, 1.165) is 23.5 Å². The third-order valence-corrected chi connectivity index (χ3v) is 5.86. The molecule has 23 heavy (non-hydrogen) atoms. The SMILES string of the molecule is C=CC[S+]1C=CCC1/C(=C/c1ccccc1)OC(=O)C(C)(C)C. The van der Waals surface area contributed by atoms with Crippen molar-refractivity contribution >= 4 is 22.9 Å². The molecule has 0 saturated heterocycles. The minimum atomic E-state index is -0.515. The van der Waals surface area contributed by atoms with Crippen LogP contribution in [0.25, 0.3) is 6.08 Å². The van der Waals surface area contributed by atoms with Gasteiger partial charge >= 0.3 is 5.97 Å². The first-order chi connectivity index (χ1) is 10.9. The molecule has 2 rings (SSSR count). The molecule has 1 aliphatic rings. The lowest BCUT2D eigenvalue weighted by Gasteiger charge is -2.20. The lowest BCUT2D eigenvalue weighted by Crippen LogP contribution is -2.28. The molecule has 2 atom stereocenters. The van der Waals surface area contributed by atoms with Crippen molar-refractivity contribution in [2.75, 3.05) is 5.75 Å². The zero-order chi connectivity index (χ0) is 16.9. The molecule has 1 heterocycles. The molecule has 1 aromatic rings. The predicted molar refractivity (Wildman–Crippen MR) is 99.9 cm³/mol. The molecule has 0 saturated carbocycles. The zero-order valence-electron chi connectivity index (χ0n) is 14.1. The van der Waals surface area contributed by atoms with Gasteiger partial charge in [0.25, 0.3) is 0 Å². The Morgan fingerprint density at radius 1 is 1.35 bits per heavy atom. The number of carbonyl (C=O) groups is 1. The second-order valence-corrected chi connectivity index (χ2v) is 8.73. The van der Waals surface area contributed by atoms with Crippen LogP contribution in [0.2, 0.25) is 0 Å². The van der Waals surface area contributed by atoms with Crippen LogP contribution in [0.5, 0.6) is 0 Å². The molecule has 0 aromatic heterocycles. The summed E-state index contributed by atoms with van der Waals surface area (Å²) >= 11 is 0. The van der Waals surface area contributed by atoms with Crippen LogP contribution in [-0.4, -0.2) is 17.0 Å². The van der Waals surface area contributed by atoms with E-state index >= 15 is 0 Å². The molecule has 2 nitrogen and oxygen atoms in total. The number of allylic oxidation sites excluding steroid dienone is 1. The lowest BCUT2D eigenvalue weighted by molar-refractivity contribution is -0.148. The van der Waals surface area contributed by atoms with Gasteiger partial charge < -0.3 is 4.74 Å². The Labute approximate surface area is 142 Å². The van der Waals surface area contributed by atoms with Crippen molar-refractivity contribution < 1.29 is 9.53 Å². The van der Waals surface area contributed by atoms with Crippen LogP contribution in [0.4, 0.5) is 0 Å². The van der Waals surface area contributed by atoms with E-state index in [4.69, 9.17) is 4.74 Å². The number of ether oxygens (including phenoxy) is 1. The summed E-state index contributed by atoms with van der Waals surface area (Å²) in [6, 6.07) is 10.0. The second-order valence-electron chi connectivity index (χ2n) is 6.62. The third-order valence-electron chi connectivity index (χ3n) is 3.55. The first kappa shape index (κ1) is 17.6. The number of hydrogen-bond donors (Lipinski definition) is 0. The molecule has 0 fully saturated rings. The maximum Gasteiger partial charge on any atom is 0.316 e. The highest BCUT2D eigenvalue weighted by Crippen LogP contribution is 2.31. The van der Waals surface area contributed by atoms with Crippen LogP contribution < -0.4 is 0 Å². The van der Waals surface area contributed by atoms with Gasteiger partial charge in [0.05, 0.1) is 5.41 Å². The highest BCUT2D eigenvalue weighted by molar-refractivity contribution is 8.00. The standard InChI is InChI=1S/C20H25O2S/c1-5-13-23-14-9-12-18(23)17(22-19(21)20(2,3)4)15-16-10-7-6-8-11-16/h5-11,14-15,18H,1,12-13H2,2-4H3/q+1/b17-15-. The first-order valence-corrected chi connectivity index (χ1v) is 9.39. The van der Waals surface area contributed by atoms with E-state index in [1.165, 1.54) is 0 Å². The molecule has 0 aliphatic carbocycles. The van der Waals surface area contributed by atoms with E-state index in [2.05, 4.69) is 18.1 Å². The van der Waals surface area contributed by atoms with Crippen LogP contribution >= 0.6 is 0 Å². The lowest BCUT2D eigenvalue weighted by atomic mass is 9.97. The molecule has 1 aromatic carbocycles. The summed E-state index contributed by atoms with van der Waals surface area (Å²) in [6.07, 6.45) is 7.04. The molecule has 0 radical (unpaired) electrons. The average Bonchev–Trinajstić information content (AvgIpc) is 2.95. The summed E-state index contributed by atoms with van der Waals surface area (Å²) in [5, 5.41) is 2.45. The number of rotatable bonds is 5. The van der Waals surface area contributed by atoms with Gasteiger partial charge in [-0.05, 0) is 44.6 Å². The van der Waals surface area contributed by atoms with Crippen LogP contribution in [-0.2, 0) is 20.4 Å². The highest BCUT2D eigenvalue weighted by Gasteiger charge is 2.38. The number of esters is 1. The van der Waals surface area contributed by atoms with Crippen molar-refractivity contribution in [1.82, 2.24) is 0 Å². The molecular weight excluding hydrogens is 304 g/mol. The maximum absolute atomic E-state index is 12.4. The fraction of sp³-hybridized carbons (Fsp3) is 0.350. The van der Waals surface area contributed by atoms with Crippen molar-refractivity contribution in [2.24, 2.45) is 5.41 Å². The van der Waals surface area contributed by atoms with Gasteiger partial charge in [-0.15, -0.1) is 0 Å². The van der Waals surface area contributed by atoms with Gasteiger partial charge in [0, 0.05) is 17.3 Å². The Hall–Kier alpha value is -1.74. The van der Waals surface area contributed by atoms with Gasteiger partial charge in [0.15, 0.2) is 11.0 Å². The normalized spacial score (nSPS) is 21.3.